The number of para-hydroxylation sites is 1. The van der Waals surface area contributed by atoms with Crippen molar-refractivity contribution in [3.8, 4) is 0 Å². The zero-order valence-electron chi connectivity index (χ0n) is 14.0. The normalized spacial score (nSPS) is 23.3. The maximum atomic E-state index is 14.1. The van der Waals surface area contributed by atoms with Gasteiger partial charge in [-0.1, -0.05) is 22.7 Å². The van der Waals surface area contributed by atoms with Gasteiger partial charge in [0.2, 0.25) is 0 Å². The van der Waals surface area contributed by atoms with E-state index in [0.717, 1.165) is 29.2 Å². The average molecular weight is 352 g/mol. The number of halogens is 1. The lowest BCUT2D eigenvalue weighted by Gasteiger charge is -2.42. The molecule has 9 heteroatoms. The molecule has 0 radical (unpaired) electrons. The second-order valence-electron chi connectivity index (χ2n) is 7.08. The van der Waals surface area contributed by atoms with Gasteiger partial charge in [0, 0.05) is 5.56 Å². The Morgan fingerprint density at radius 3 is 2.96 bits per heavy atom. The van der Waals surface area contributed by atoms with E-state index < -0.39 is 0 Å². The second kappa shape index (κ2) is 4.96. The molecule has 1 unspecified atom stereocenters. The quantitative estimate of drug-likeness (QED) is 0.787. The van der Waals surface area contributed by atoms with Crippen molar-refractivity contribution < 1.29 is 4.48 Å². The van der Waals surface area contributed by atoms with Crippen LogP contribution in [0.1, 0.15) is 30.3 Å². The van der Waals surface area contributed by atoms with Gasteiger partial charge in [-0.2, -0.15) is 10.2 Å². The van der Waals surface area contributed by atoms with E-state index in [0.29, 0.717) is 11.0 Å². The van der Waals surface area contributed by atoms with Gasteiger partial charge in [-0.15, -0.1) is 9.89 Å². The number of hydrogen-bond donors (Lipinski definition) is 0. The lowest BCUT2D eigenvalue weighted by atomic mass is 10.1. The Morgan fingerprint density at radius 1 is 1.19 bits per heavy atom. The summed E-state index contributed by atoms with van der Waals surface area (Å²) in [5.41, 5.74) is 3.07. The average Bonchev–Trinajstić information content (AvgIpc) is 3.04. The Balaban J connectivity index is 1.45. The van der Waals surface area contributed by atoms with Gasteiger partial charge in [0.05, 0.1) is 23.8 Å². The van der Waals surface area contributed by atoms with E-state index in [2.05, 4.69) is 15.3 Å². The third-order valence-corrected chi connectivity index (χ3v) is 5.30. The molecule has 1 saturated carbocycles. The number of rotatable bonds is 3. The largest absolute Gasteiger partial charge is 0.304 e. The van der Waals surface area contributed by atoms with E-state index in [-0.39, 0.29) is 12.8 Å². The topological polar surface area (TPSA) is 56.0 Å². The standard InChI is InChI=1S/C17H17FN8/c18-22-9-16-23(11-22)15-4-2-1-3-14(15)17-19-10-24(25(16)17)26-13(8-20-21-26)7-12-5-6-12/h1-4,8-10,12,17H,5-7,11H2. The predicted octanol–water partition coefficient (Wildman–Crippen LogP) is 1.90. The van der Waals surface area contributed by atoms with Crippen LogP contribution in [0.3, 0.4) is 0 Å². The van der Waals surface area contributed by atoms with Crippen LogP contribution in [0.25, 0.3) is 0 Å². The molecule has 26 heavy (non-hydrogen) atoms. The highest BCUT2D eigenvalue weighted by Gasteiger charge is 2.44. The van der Waals surface area contributed by atoms with Gasteiger partial charge in [0.25, 0.3) is 0 Å². The summed E-state index contributed by atoms with van der Waals surface area (Å²) in [6.07, 6.45) is 8.28. The molecular formula is C17H17FN8. The fourth-order valence-electron chi connectivity index (χ4n) is 3.89. The Hall–Kier alpha value is -3.10. The minimum atomic E-state index is -0.238. The summed E-state index contributed by atoms with van der Waals surface area (Å²) in [4.78, 5) is 8.41. The molecule has 0 bridgehead atoms. The van der Waals surface area contributed by atoms with E-state index in [4.69, 9.17) is 0 Å². The van der Waals surface area contributed by atoms with Crippen LogP contribution in [0.15, 0.2) is 47.5 Å². The van der Waals surface area contributed by atoms with Gasteiger partial charge >= 0.3 is 0 Å². The van der Waals surface area contributed by atoms with Crippen molar-refractivity contribution >= 4 is 12.0 Å². The third-order valence-electron chi connectivity index (χ3n) is 5.30. The Morgan fingerprint density at radius 2 is 2.08 bits per heavy atom. The first-order valence-corrected chi connectivity index (χ1v) is 8.82. The second-order valence-corrected chi connectivity index (χ2v) is 7.08. The minimum Gasteiger partial charge on any atom is -0.304 e. The molecule has 4 heterocycles. The fourth-order valence-corrected chi connectivity index (χ4v) is 3.89. The van der Waals surface area contributed by atoms with Crippen LogP contribution in [-0.2, 0) is 6.42 Å². The summed E-state index contributed by atoms with van der Waals surface area (Å²) < 4.78 is 14.1. The van der Waals surface area contributed by atoms with Crippen molar-refractivity contribution in [2.24, 2.45) is 10.9 Å². The van der Waals surface area contributed by atoms with E-state index in [1.165, 1.54) is 19.0 Å². The predicted molar refractivity (Wildman–Crippen MR) is 92.6 cm³/mol. The van der Waals surface area contributed by atoms with Crippen molar-refractivity contribution in [2.75, 3.05) is 16.7 Å². The monoisotopic (exact) mass is 352 g/mol. The van der Waals surface area contributed by atoms with Crippen molar-refractivity contribution in [3.63, 3.8) is 0 Å². The van der Waals surface area contributed by atoms with E-state index in [1.807, 2.05) is 39.3 Å². The molecule has 8 nitrogen and oxygen atoms in total. The maximum Gasteiger partial charge on any atom is 0.173 e. The number of benzene rings is 1. The number of aromatic nitrogens is 3. The molecule has 1 aromatic carbocycles. The number of aliphatic imine (C=N–C) groups is 1. The van der Waals surface area contributed by atoms with Crippen LogP contribution >= 0.6 is 0 Å². The molecular weight excluding hydrogens is 335 g/mol. The van der Waals surface area contributed by atoms with Crippen LogP contribution in [0.2, 0.25) is 0 Å². The van der Waals surface area contributed by atoms with Crippen molar-refractivity contribution in [1.82, 2.24) is 25.2 Å². The molecule has 0 amide bonds. The number of nitrogens with zero attached hydrogens (tertiary/aromatic N) is 8. The third kappa shape index (κ3) is 1.91. The first-order chi connectivity index (χ1) is 12.8. The van der Waals surface area contributed by atoms with Crippen molar-refractivity contribution in [1.29, 1.82) is 0 Å². The SMILES string of the molecule is FN1C=C2N(C1)c1ccccc1C1N=CN(n3nncc3CC3CC3)N21. The number of hydrogen-bond acceptors (Lipinski definition) is 7. The Labute approximate surface area is 149 Å². The summed E-state index contributed by atoms with van der Waals surface area (Å²) in [7, 11) is 0. The maximum absolute atomic E-state index is 14.1. The number of fused-ring (bicyclic) bond motifs is 6. The van der Waals surface area contributed by atoms with Crippen LogP contribution in [0, 0.1) is 5.92 Å². The van der Waals surface area contributed by atoms with Gasteiger partial charge in [-0.3, -0.25) is 0 Å². The lowest BCUT2D eigenvalue weighted by molar-refractivity contribution is 0.104. The summed E-state index contributed by atoms with van der Waals surface area (Å²) in [5.74, 6) is 1.45. The summed E-state index contributed by atoms with van der Waals surface area (Å²) in [6.45, 7) is 0.162. The molecule has 1 fully saturated rings. The zero-order valence-corrected chi connectivity index (χ0v) is 14.0. The van der Waals surface area contributed by atoms with E-state index in [1.54, 1.807) is 17.3 Å². The van der Waals surface area contributed by atoms with Crippen LogP contribution < -0.4 is 10.0 Å². The van der Waals surface area contributed by atoms with Gasteiger partial charge in [-0.25, -0.2) is 10.0 Å². The molecule has 132 valence electrons. The summed E-state index contributed by atoms with van der Waals surface area (Å²) in [6, 6.07) is 8.00. The van der Waals surface area contributed by atoms with E-state index in [9.17, 15) is 4.48 Å². The highest BCUT2D eigenvalue weighted by atomic mass is 19.2. The Kier molecular flexibility index (Phi) is 2.69. The molecule has 3 aliphatic heterocycles. The van der Waals surface area contributed by atoms with Crippen LogP contribution in [0.4, 0.5) is 10.2 Å². The van der Waals surface area contributed by atoms with Crippen LogP contribution in [-0.4, -0.2) is 38.2 Å². The van der Waals surface area contributed by atoms with Crippen molar-refractivity contribution in [3.05, 3.63) is 53.7 Å². The molecule has 0 saturated heterocycles. The molecule has 1 atom stereocenters. The Bertz CT molecular complexity index is 932. The molecule has 1 aliphatic carbocycles. The summed E-state index contributed by atoms with van der Waals surface area (Å²) >= 11 is 0. The molecule has 2 aromatic rings. The number of hydrazine groups is 1. The lowest BCUT2D eigenvalue weighted by Crippen LogP contribution is -2.52. The van der Waals surface area contributed by atoms with Crippen molar-refractivity contribution in [2.45, 2.75) is 25.4 Å². The molecule has 1 aromatic heterocycles. The van der Waals surface area contributed by atoms with Gasteiger partial charge in [-0.05, 0) is 36.5 Å². The van der Waals surface area contributed by atoms with E-state index >= 15 is 0 Å². The van der Waals surface area contributed by atoms with Gasteiger partial charge in [0.1, 0.15) is 13.0 Å². The number of anilines is 1. The minimum absolute atomic E-state index is 0.162. The molecule has 0 N–H and O–H groups in total. The van der Waals surface area contributed by atoms with Crippen LogP contribution in [0.5, 0.6) is 0 Å². The van der Waals surface area contributed by atoms with Gasteiger partial charge < -0.3 is 4.90 Å². The highest BCUT2D eigenvalue weighted by molar-refractivity contribution is 5.74. The summed E-state index contributed by atoms with van der Waals surface area (Å²) in [5, 5.41) is 12.9. The molecule has 4 aliphatic rings. The zero-order chi connectivity index (χ0) is 17.3. The smallest absolute Gasteiger partial charge is 0.173 e. The molecule has 6 rings (SSSR count). The van der Waals surface area contributed by atoms with Gasteiger partial charge in [0.15, 0.2) is 12.0 Å². The first kappa shape index (κ1) is 14.1. The fraction of sp³-hybridized carbons (Fsp3) is 0.353. The first-order valence-electron chi connectivity index (χ1n) is 8.82. The molecule has 0 spiro atoms. The highest BCUT2D eigenvalue weighted by Crippen LogP contribution is 2.45.